The maximum atomic E-state index is 10.1. The summed E-state index contributed by atoms with van der Waals surface area (Å²) in [6.07, 6.45) is 1.75. The SMILES string of the molecule is Oc1cccc2c(CSc3nc4ccccc4n3Cc3ccccc3)ccnc12. The van der Waals surface area contributed by atoms with E-state index in [1.165, 1.54) is 5.56 Å². The Bertz CT molecular complexity index is 1300. The number of para-hydroxylation sites is 3. The minimum atomic E-state index is 0.214. The Morgan fingerprint density at radius 3 is 2.59 bits per heavy atom. The molecule has 0 aliphatic carbocycles. The summed E-state index contributed by atoms with van der Waals surface area (Å²) < 4.78 is 2.27. The molecule has 2 aromatic heterocycles. The predicted molar refractivity (Wildman–Crippen MR) is 118 cm³/mol. The first kappa shape index (κ1) is 17.8. The van der Waals surface area contributed by atoms with Crippen molar-refractivity contribution in [3.63, 3.8) is 0 Å². The molecule has 29 heavy (non-hydrogen) atoms. The van der Waals surface area contributed by atoms with E-state index in [1.807, 2.05) is 30.3 Å². The zero-order valence-electron chi connectivity index (χ0n) is 15.7. The van der Waals surface area contributed by atoms with Crippen LogP contribution in [0.1, 0.15) is 11.1 Å². The van der Waals surface area contributed by atoms with Crippen LogP contribution in [-0.2, 0) is 12.3 Å². The first-order valence-electron chi connectivity index (χ1n) is 9.47. The Kier molecular flexibility index (Phi) is 4.66. The number of phenols is 1. The summed E-state index contributed by atoms with van der Waals surface area (Å²) in [6, 6.07) is 26.3. The van der Waals surface area contributed by atoms with Crippen LogP contribution in [0.25, 0.3) is 21.9 Å². The highest BCUT2D eigenvalue weighted by Crippen LogP contribution is 2.31. The quantitative estimate of drug-likeness (QED) is 0.391. The molecule has 0 unspecified atom stereocenters. The molecule has 3 aromatic carbocycles. The number of hydrogen-bond donors (Lipinski definition) is 1. The normalized spacial score (nSPS) is 11.3. The minimum Gasteiger partial charge on any atom is -0.506 e. The molecular formula is C24H19N3OS. The van der Waals surface area contributed by atoms with Gasteiger partial charge in [0.15, 0.2) is 5.16 Å². The van der Waals surface area contributed by atoms with Gasteiger partial charge in [0.1, 0.15) is 11.3 Å². The summed E-state index contributed by atoms with van der Waals surface area (Å²) in [6.45, 7) is 0.779. The molecule has 0 fully saturated rings. The number of benzene rings is 3. The smallest absolute Gasteiger partial charge is 0.169 e. The van der Waals surface area contributed by atoms with Gasteiger partial charge in [-0.2, -0.15) is 0 Å². The number of fused-ring (bicyclic) bond motifs is 2. The molecule has 5 rings (SSSR count). The van der Waals surface area contributed by atoms with Gasteiger partial charge in [-0.15, -0.1) is 0 Å². The lowest BCUT2D eigenvalue weighted by atomic mass is 10.1. The second-order valence-corrected chi connectivity index (χ2v) is 7.83. The fourth-order valence-corrected chi connectivity index (χ4v) is 4.59. The van der Waals surface area contributed by atoms with Crippen LogP contribution in [0.3, 0.4) is 0 Å². The van der Waals surface area contributed by atoms with E-state index in [0.717, 1.165) is 39.4 Å². The van der Waals surface area contributed by atoms with Crippen molar-refractivity contribution in [3.8, 4) is 5.75 Å². The van der Waals surface area contributed by atoms with Crippen molar-refractivity contribution >= 4 is 33.7 Å². The number of phenolic OH excluding ortho intramolecular Hbond substituents is 1. The minimum absolute atomic E-state index is 0.214. The van der Waals surface area contributed by atoms with Crippen LogP contribution in [0.4, 0.5) is 0 Å². The number of pyridine rings is 1. The van der Waals surface area contributed by atoms with Crippen molar-refractivity contribution in [1.82, 2.24) is 14.5 Å². The highest BCUT2D eigenvalue weighted by atomic mass is 32.2. The van der Waals surface area contributed by atoms with E-state index in [-0.39, 0.29) is 5.75 Å². The van der Waals surface area contributed by atoms with Gasteiger partial charge in [0.25, 0.3) is 0 Å². The Morgan fingerprint density at radius 2 is 1.69 bits per heavy atom. The molecule has 0 bridgehead atoms. The average Bonchev–Trinajstić information content (AvgIpc) is 3.11. The highest BCUT2D eigenvalue weighted by molar-refractivity contribution is 7.98. The standard InChI is InChI=1S/C24H19N3OS/c28-22-12-6-9-19-18(13-14-25-23(19)22)16-29-24-26-20-10-4-5-11-21(20)27(24)15-17-7-2-1-3-8-17/h1-14,28H,15-16H2. The Hall–Kier alpha value is -3.31. The van der Waals surface area contributed by atoms with Gasteiger partial charge in [0, 0.05) is 17.3 Å². The lowest BCUT2D eigenvalue weighted by Crippen LogP contribution is -2.01. The zero-order chi connectivity index (χ0) is 19.6. The van der Waals surface area contributed by atoms with Crippen molar-refractivity contribution in [2.45, 2.75) is 17.5 Å². The average molecular weight is 398 g/mol. The number of aromatic nitrogens is 3. The molecule has 142 valence electrons. The van der Waals surface area contributed by atoms with Gasteiger partial charge in [0.05, 0.1) is 17.6 Å². The van der Waals surface area contributed by atoms with Gasteiger partial charge < -0.3 is 9.67 Å². The third-order valence-electron chi connectivity index (χ3n) is 5.00. The predicted octanol–water partition coefficient (Wildman–Crippen LogP) is 5.63. The maximum Gasteiger partial charge on any atom is 0.169 e. The molecule has 0 spiro atoms. The number of rotatable bonds is 5. The van der Waals surface area contributed by atoms with E-state index < -0.39 is 0 Å². The van der Waals surface area contributed by atoms with Crippen molar-refractivity contribution in [3.05, 3.63) is 96.2 Å². The van der Waals surface area contributed by atoms with Crippen molar-refractivity contribution in [1.29, 1.82) is 0 Å². The Morgan fingerprint density at radius 1 is 0.862 bits per heavy atom. The van der Waals surface area contributed by atoms with E-state index in [2.05, 4.69) is 52.0 Å². The lowest BCUT2D eigenvalue weighted by Gasteiger charge is -2.10. The molecule has 0 amide bonds. The summed E-state index contributed by atoms with van der Waals surface area (Å²) in [5.41, 5.74) is 5.16. The van der Waals surface area contributed by atoms with Gasteiger partial charge in [-0.3, -0.25) is 4.98 Å². The molecule has 5 aromatic rings. The molecule has 0 aliphatic rings. The molecule has 2 heterocycles. The van der Waals surface area contributed by atoms with E-state index >= 15 is 0 Å². The molecular weight excluding hydrogens is 378 g/mol. The summed E-state index contributed by atoms with van der Waals surface area (Å²) in [5.74, 6) is 0.964. The largest absolute Gasteiger partial charge is 0.506 e. The summed E-state index contributed by atoms with van der Waals surface area (Å²) in [5, 5.41) is 12.1. The molecule has 0 saturated carbocycles. The zero-order valence-corrected chi connectivity index (χ0v) is 16.5. The number of thioether (sulfide) groups is 1. The summed E-state index contributed by atoms with van der Waals surface area (Å²) >= 11 is 1.71. The fraction of sp³-hybridized carbons (Fsp3) is 0.0833. The van der Waals surface area contributed by atoms with E-state index in [0.29, 0.717) is 5.52 Å². The van der Waals surface area contributed by atoms with Crippen LogP contribution in [0.5, 0.6) is 5.75 Å². The number of imidazole rings is 1. The van der Waals surface area contributed by atoms with Gasteiger partial charge in [0.2, 0.25) is 0 Å². The molecule has 1 N–H and O–H groups in total. The Labute approximate surface area is 172 Å². The molecule has 4 nitrogen and oxygen atoms in total. The monoisotopic (exact) mass is 397 g/mol. The van der Waals surface area contributed by atoms with E-state index in [9.17, 15) is 5.11 Å². The van der Waals surface area contributed by atoms with Crippen molar-refractivity contribution < 1.29 is 5.11 Å². The van der Waals surface area contributed by atoms with Gasteiger partial charge in [-0.1, -0.05) is 66.4 Å². The second-order valence-electron chi connectivity index (χ2n) is 6.89. The maximum absolute atomic E-state index is 10.1. The second kappa shape index (κ2) is 7.60. The van der Waals surface area contributed by atoms with Crippen molar-refractivity contribution in [2.75, 3.05) is 0 Å². The van der Waals surface area contributed by atoms with E-state index in [1.54, 1.807) is 24.0 Å². The summed E-state index contributed by atoms with van der Waals surface area (Å²) in [7, 11) is 0. The van der Waals surface area contributed by atoms with Gasteiger partial charge in [-0.05, 0) is 35.4 Å². The fourth-order valence-electron chi connectivity index (χ4n) is 3.57. The topological polar surface area (TPSA) is 50.9 Å². The van der Waals surface area contributed by atoms with Gasteiger partial charge in [-0.25, -0.2) is 4.98 Å². The summed E-state index contributed by atoms with van der Waals surface area (Å²) in [4.78, 5) is 9.21. The Balaban J connectivity index is 1.51. The van der Waals surface area contributed by atoms with Crippen LogP contribution in [0.2, 0.25) is 0 Å². The molecule has 0 saturated heterocycles. The first-order valence-corrected chi connectivity index (χ1v) is 10.5. The van der Waals surface area contributed by atoms with E-state index in [4.69, 9.17) is 4.98 Å². The number of hydrogen-bond acceptors (Lipinski definition) is 4. The van der Waals surface area contributed by atoms with Gasteiger partial charge >= 0.3 is 0 Å². The van der Waals surface area contributed by atoms with Crippen LogP contribution in [0.15, 0.2) is 90.2 Å². The molecule has 0 atom stereocenters. The molecule has 0 radical (unpaired) electrons. The lowest BCUT2D eigenvalue weighted by molar-refractivity contribution is 0.480. The number of nitrogens with zero attached hydrogens (tertiary/aromatic N) is 3. The molecule has 0 aliphatic heterocycles. The van der Waals surface area contributed by atoms with Crippen LogP contribution in [-0.4, -0.2) is 19.6 Å². The molecule has 5 heteroatoms. The highest BCUT2D eigenvalue weighted by Gasteiger charge is 2.13. The third kappa shape index (κ3) is 3.45. The first-order chi connectivity index (χ1) is 14.3. The number of aromatic hydroxyl groups is 1. The van der Waals surface area contributed by atoms with Crippen LogP contribution in [0, 0.1) is 0 Å². The van der Waals surface area contributed by atoms with Crippen LogP contribution >= 0.6 is 11.8 Å². The van der Waals surface area contributed by atoms with Crippen LogP contribution < -0.4 is 0 Å². The van der Waals surface area contributed by atoms with Crippen molar-refractivity contribution in [2.24, 2.45) is 0 Å². The third-order valence-corrected chi connectivity index (χ3v) is 6.03.